The van der Waals surface area contributed by atoms with Gasteiger partial charge in [0, 0.05) is 19.3 Å². The number of nitrogens with two attached hydrogens (primary N) is 1. The number of fused-ring (bicyclic) bond motifs is 1. The standard InChI is InChI=1S/C25H29FN4O2S/c26-22-4-1-3-19(11-22)13-25-21(16-29-8-2-9-29)14-20-6-5-18(12-24(20)25)7-10-30-17-23(15-28-30)33(27,31)32/h1,3-6,11-12,15,17,21,25H,2,7-10,13-14,16H2,(H2,27,31,32). The summed E-state index contributed by atoms with van der Waals surface area (Å²) in [6.45, 7) is 4.01. The van der Waals surface area contributed by atoms with Crippen LogP contribution in [-0.4, -0.2) is 42.7 Å². The first-order valence-corrected chi connectivity index (χ1v) is 13.0. The van der Waals surface area contributed by atoms with E-state index in [9.17, 15) is 12.8 Å². The quantitative estimate of drug-likeness (QED) is 0.551. The lowest BCUT2D eigenvalue weighted by Crippen LogP contribution is -2.41. The van der Waals surface area contributed by atoms with Gasteiger partial charge in [-0.1, -0.05) is 30.3 Å². The summed E-state index contributed by atoms with van der Waals surface area (Å²) in [5, 5.41) is 9.31. The van der Waals surface area contributed by atoms with Gasteiger partial charge in [0.25, 0.3) is 0 Å². The van der Waals surface area contributed by atoms with Gasteiger partial charge in [-0.3, -0.25) is 4.68 Å². The zero-order valence-corrected chi connectivity index (χ0v) is 19.3. The molecule has 6 nitrogen and oxygen atoms in total. The summed E-state index contributed by atoms with van der Waals surface area (Å²) in [7, 11) is -3.74. The van der Waals surface area contributed by atoms with Crippen LogP contribution in [0.25, 0.3) is 0 Å². The maximum Gasteiger partial charge on any atom is 0.241 e. The van der Waals surface area contributed by atoms with Gasteiger partial charge in [0.1, 0.15) is 10.7 Å². The Morgan fingerprint density at radius 3 is 2.67 bits per heavy atom. The molecule has 0 amide bonds. The van der Waals surface area contributed by atoms with Crippen molar-refractivity contribution in [2.24, 2.45) is 11.1 Å². The highest BCUT2D eigenvalue weighted by Crippen LogP contribution is 2.41. The third kappa shape index (κ3) is 5.03. The third-order valence-corrected chi connectivity index (χ3v) is 7.88. The number of benzene rings is 2. The number of sulfonamides is 1. The first-order chi connectivity index (χ1) is 15.8. The maximum atomic E-state index is 13.8. The summed E-state index contributed by atoms with van der Waals surface area (Å²) in [5.41, 5.74) is 4.99. The van der Waals surface area contributed by atoms with Crippen LogP contribution in [0.15, 0.2) is 59.8 Å². The summed E-state index contributed by atoms with van der Waals surface area (Å²) in [4.78, 5) is 2.55. The van der Waals surface area contributed by atoms with Crippen molar-refractivity contribution in [3.05, 3.63) is 82.9 Å². The predicted molar refractivity (Wildman–Crippen MR) is 125 cm³/mol. The molecule has 0 saturated carbocycles. The zero-order chi connectivity index (χ0) is 23.0. The molecule has 2 atom stereocenters. The molecular formula is C25H29FN4O2S. The van der Waals surface area contributed by atoms with Crippen molar-refractivity contribution in [3.8, 4) is 0 Å². The first kappa shape index (κ1) is 22.3. The van der Waals surface area contributed by atoms with Gasteiger partial charge in [-0.2, -0.15) is 5.10 Å². The molecule has 2 aliphatic rings. The second-order valence-corrected chi connectivity index (χ2v) is 10.9. The summed E-state index contributed by atoms with van der Waals surface area (Å²) >= 11 is 0. The Balaban J connectivity index is 1.35. The van der Waals surface area contributed by atoms with Crippen molar-refractivity contribution in [3.63, 3.8) is 0 Å². The molecule has 2 N–H and O–H groups in total. The average Bonchev–Trinajstić information content (AvgIpc) is 3.34. The summed E-state index contributed by atoms with van der Waals surface area (Å²) < 4.78 is 38.4. The number of hydrogen-bond donors (Lipinski definition) is 1. The Kier molecular flexibility index (Phi) is 6.07. The minimum absolute atomic E-state index is 0.0282. The van der Waals surface area contributed by atoms with Crippen LogP contribution in [0.5, 0.6) is 0 Å². The number of aryl methyl sites for hydroxylation is 2. The van der Waals surface area contributed by atoms with Crippen LogP contribution in [-0.2, 0) is 35.8 Å². The van der Waals surface area contributed by atoms with E-state index in [4.69, 9.17) is 5.14 Å². The monoisotopic (exact) mass is 468 g/mol. The highest BCUT2D eigenvalue weighted by atomic mass is 32.2. The molecule has 3 aromatic rings. The van der Waals surface area contributed by atoms with Crippen LogP contribution in [0.1, 0.15) is 34.6 Å². The van der Waals surface area contributed by atoms with Crippen LogP contribution >= 0.6 is 0 Å². The Labute approximate surface area is 194 Å². The van der Waals surface area contributed by atoms with E-state index in [1.165, 1.54) is 54.7 Å². The van der Waals surface area contributed by atoms with E-state index < -0.39 is 10.0 Å². The van der Waals surface area contributed by atoms with Gasteiger partial charge >= 0.3 is 0 Å². The number of hydrogen-bond acceptors (Lipinski definition) is 4. The van der Waals surface area contributed by atoms with Gasteiger partial charge in [0.15, 0.2) is 0 Å². The molecule has 33 heavy (non-hydrogen) atoms. The maximum absolute atomic E-state index is 13.8. The van der Waals surface area contributed by atoms with Gasteiger partial charge in [-0.25, -0.2) is 17.9 Å². The second kappa shape index (κ2) is 9.00. The Hall–Kier alpha value is -2.55. The molecule has 2 aromatic carbocycles. The van der Waals surface area contributed by atoms with Crippen molar-refractivity contribution in [2.75, 3.05) is 19.6 Å². The average molecular weight is 469 g/mol. The lowest BCUT2D eigenvalue weighted by atomic mass is 9.85. The fourth-order valence-electron chi connectivity index (χ4n) is 5.15. The van der Waals surface area contributed by atoms with E-state index in [1.807, 2.05) is 6.07 Å². The van der Waals surface area contributed by atoms with Crippen molar-refractivity contribution >= 4 is 10.0 Å². The molecule has 0 spiro atoms. The first-order valence-electron chi connectivity index (χ1n) is 11.5. The molecule has 0 radical (unpaired) electrons. The lowest BCUT2D eigenvalue weighted by Gasteiger charge is -2.35. The van der Waals surface area contributed by atoms with Crippen LogP contribution < -0.4 is 5.14 Å². The van der Waals surface area contributed by atoms with Gasteiger partial charge in [0.2, 0.25) is 10.0 Å². The summed E-state index contributed by atoms with van der Waals surface area (Å²) in [6, 6.07) is 13.7. The molecule has 1 aliphatic heterocycles. The number of halogens is 1. The number of aromatic nitrogens is 2. The largest absolute Gasteiger partial charge is 0.303 e. The normalized spacial score (nSPS) is 20.5. The van der Waals surface area contributed by atoms with E-state index in [0.717, 1.165) is 31.4 Å². The van der Waals surface area contributed by atoms with E-state index in [1.54, 1.807) is 16.8 Å². The Bertz CT molecular complexity index is 1250. The van der Waals surface area contributed by atoms with E-state index in [-0.39, 0.29) is 10.7 Å². The molecule has 2 unspecified atom stereocenters. The van der Waals surface area contributed by atoms with Gasteiger partial charge < -0.3 is 4.90 Å². The fraction of sp³-hybridized carbons (Fsp3) is 0.400. The van der Waals surface area contributed by atoms with Crippen molar-refractivity contribution < 1.29 is 12.8 Å². The molecule has 1 aliphatic carbocycles. The van der Waals surface area contributed by atoms with Gasteiger partial charge in [-0.05, 0) is 85.0 Å². The van der Waals surface area contributed by atoms with Crippen LogP contribution in [0.4, 0.5) is 4.39 Å². The van der Waals surface area contributed by atoms with Crippen molar-refractivity contribution in [1.29, 1.82) is 0 Å². The molecule has 5 rings (SSSR count). The van der Waals surface area contributed by atoms with Crippen molar-refractivity contribution in [1.82, 2.24) is 14.7 Å². The molecule has 2 heterocycles. The van der Waals surface area contributed by atoms with Crippen molar-refractivity contribution in [2.45, 2.75) is 43.0 Å². The third-order valence-electron chi connectivity index (χ3n) is 7.01. The lowest BCUT2D eigenvalue weighted by molar-refractivity contribution is 0.145. The van der Waals surface area contributed by atoms with Crippen LogP contribution in [0.3, 0.4) is 0 Å². The van der Waals surface area contributed by atoms with Crippen LogP contribution in [0, 0.1) is 11.7 Å². The minimum atomic E-state index is -3.74. The SMILES string of the molecule is NS(=O)(=O)c1cnn(CCc2ccc3c(c2)C(Cc2cccc(F)c2)C(CN2CCC2)C3)c1. The number of primary sulfonamides is 1. The highest BCUT2D eigenvalue weighted by Gasteiger charge is 2.34. The molecular weight excluding hydrogens is 439 g/mol. The zero-order valence-electron chi connectivity index (χ0n) is 18.5. The summed E-state index contributed by atoms with van der Waals surface area (Å²) in [6.07, 6.45) is 6.67. The number of rotatable bonds is 8. The van der Waals surface area contributed by atoms with E-state index >= 15 is 0 Å². The number of likely N-dealkylation sites (tertiary alicyclic amines) is 1. The minimum Gasteiger partial charge on any atom is -0.303 e. The molecule has 0 bridgehead atoms. The smallest absolute Gasteiger partial charge is 0.241 e. The second-order valence-electron chi connectivity index (χ2n) is 9.33. The summed E-state index contributed by atoms with van der Waals surface area (Å²) in [5.74, 6) is 0.708. The number of nitrogens with zero attached hydrogens (tertiary/aromatic N) is 3. The molecule has 174 valence electrons. The predicted octanol–water partition coefficient (Wildman–Crippen LogP) is 3.12. The molecule has 1 aromatic heterocycles. The fourth-order valence-corrected chi connectivity index (χ4v) is 5.61. The Morgan fingerprint density at radius 2 is 1.97 bits per heavy atom. The van der Waals surface area contributed by atoms with Gasteiger partial charge in [-0.15, -0.1) is 0 Å². The molecule has 8 heteroatoms. The van der Waals surface area contributed by atoms with Crippen LogP contribution in [0.2, 0.25) is 0 Å². The molecule has 1 fully saturated rings. The topological polar surface area (TPSA) is 81.2 Å². The van der Waals surface area contributed by atoms with E-state index in [2.05, 4.69) is 28.2 Å². The molecule has 1 saturated heterocycles. The highest BCUT2D eigenvalue weighted by molar-refractivity contribution is 7.89. The van der Waals surface area contributed by atoms with Gasteiger partial charge in [0.05, 0.1) is 6.20 Å². The Morgan fingerprint density at radius 1 is 1.12 bits per heavy atom. The van der Waals surface area contributed by atoms with E-state index in [0.29, 0.717) is 18.4 Å².